The molecule has 0 amide bonds. The van der Waals surface area contributed by atoms with Gasteiger partial charge in [-0.1, -0.05) is 39.5 Å². The molecule has 0 radical (unpaired) electrons. The molecule has 1 heterocycles. The van der Waals surface area contributed by atoms with Crippen LogP contribution in [-0.2, 0) is 0 Å². The van der Waals surface area contributed by atoms with Gasteiger partial charge in [-0.05, 0) is 19.3 Å². The SMILES string of the molecule is CCCCCCC[NH+]1CCCC1CCC.[Cl-]. The second kappa shape index (κ2) is 10.4. The Morgan fingerprint density at radius 2 is 1.75 bits per heavy atom. The van der Waals surface area contributed by atoms with Crippen molar-refractivity contribution in [1.29, 1.82) is 0 Å². The highest BCUT2D eigenvalue weighted by Gasteiger charge is 2.26. The molecule has 1 aliphatic heterocycles. The lowest BCUT2D eigenvalue weighted by atomic mass is 10.1. The smallest absolute Gasteiger partial charge is 0.0876 e. The molecule has 0 saturated carbocycles. The Balaban J connectivity index is 0.00000225. The zero-order valence-corrected chi connectivity index (χ0v) is 12.0. The Bertz CT molecular complexity index is 150. The van der Waals surface area contributed by atoms with Gasteiger partial charge < -0.3 is 17.3 Å². The average Bonchev–Trinajstić information content (AvgIpc) is 2.66. The molecule has 0 aliphatic carbocycles. The van der Waals surface area contributed by atoms with Gasteiger partial charge in [0.1, 0.15) is 0 Å². The van der Waals surface area contributed by atoms with Crippen LogP contribution in [0.2, 0.25) is 0 Å². The third kappa shape index (κ3) is 6.10. The lowest BCUT2D eigenvalue weighted by Crippen LogP contribution is -3.13. The number of nitrogens with one attached hydrogen (secondary N) is 1. The molecule has 0 bridgehead atoms. The molecule has 1 rings (SSSR count). The van der Waals surface area contributed by atoms with Crippen molar-refractivity contribution in [2.75, 3.05) is 13.1 Å². The van der Waals surface area contributed by atoms with Crippen molar-refractivity contribution >= 4 is 0 Å². The van der Waals surface area contributed by atoms with Gasteiger partial charge in [-0.2, -0.15) is 0 Å². The van der Waals surface area contributed by atoms with Gasteiger partial charge >= 0.3 is 0 Å². The quantitative estimate of drug-likeness (QED) is 0.568. The molecule has 2 atom stereocenters. The summed E-state index contributed by atoms with van der Waals surface area (Å²) in [6, 6.07) is 1.01. The molecular weight excluding hydrogens is 218 g/mol. The predicted octanol–water partition coefficient (Wildman–Crippen LogP) is -0.192. The minimum atomic E-state index is 0. The van der Waals surface area contributed by atoms with Crippen LogP contribution in [0.3, 0.4) is 0 Å². The van der Waals surface area contributed by atoms with Crippen molar-refractivity contribution in [3.8, 4) is 0 Å². The first kappa shape index (κ1) is 16.2. The lowest BCUT2D eigenvalue weighted by Gasteiger charge is -2.20. The van der Waals surface area contributed by atoms with E-state index in [-0.39, 0.29) is 12.4 Å². The van der Waals surface area contributed by atoms with Crippen molar-refractivity contribution in [3.63, 3.8) is 0 Å². The molecule has 0 spiro atoms. The van der Waals surface area contributed by atoms with Crippen LogP contribution in [0.5, 0.6) is 0 Å². The number of quaternary nitrogens is 1. The third-order valence-corrected chi connectivity index (χ3v) is 3.87. The summed E-state index contributed by atoms with van der Waals surface area (Å²) >= 11 is 0. The fourth-order valence-electron chi connectivity index (χ4n) is 2.97. The Kier molecular flexibility index (Phi) is 10.6. The molecule has 0 aromatic rings. The summed E-state index contributed by atoms with van der Waals surface area (Å²) in [6.45, 7) is 7.53. The van der Waals surface area contributed by atoms with Gasteiger partial charge in [0.2, 0.25) is 0 Å². The zero-order valence-electron chi connectivity index (χ0n) is 11.2. The molecule has 1 fully saturated rings. The highest BCUT2D eigenvalue weighted by Crippen LogP contribution is 2.07. The van der Waals surface area contributed by atoms with E-state index in [1.165, 1.54) is 70.9 Å². The summed E-state index contributed by atoms with van der Waals surface area (Å²) in [5.74, 6) is 0. The summed E-state index contributed by atoms with van der Waals surface area (Å²) in [7, 11) is 0. The van der Waals surface area contributed by atoms with Gasteiger partial charge in [-0.3, -0.25) is 0 Å². The second-order valence-electron chi connectivity index (χ2n) is 5.20. The summed E-state index contributed by atoms with van der Waals surface area (Å²) in [5.41, 5.74) is 0. The number of hydrogen-bond donors (Lipinski definition) is 1. The molecule has 16 heavy (non-hydrogen) atoms. The van der Waals surface area contributed by atoms with Crippen LogP contribution in [0.4, 0.5) is 0 Å². The first-order valence-corrected chi connectivity index (χ1v) is 7.23. The highest BCUT2D eigenvalue weighted by molar-refractivity contribution is 4.61. The van der Waals surface area contributed by atoms with Gasteiger partial charge in [-0.15, -0.1) is 0 Å². The van der Waals surface area contributed by atoms with Crippen LogP contribution in [-0.4, -0.2) is 19.1 Å². The molecule has 0 aromatic carbocycles. The normalized spacial score (nSPS) is 24.4. The van der Waals surface area contributed by atoms with E-state index in [9.17, 15) is 0 Å². The van der Waals surface area contributed by atoms with Crippen LogP contribution >= 0.6 is 0 Å². The molecule has 2 unspecified atom stereocenters. The topological polar surface area (TPSA) is 4.44 Å². The molecule has 0 aromatic heterocycles. The first-order chi connectivity index (χ1) is 7.38. The summed E-state index contributed by atoms with van der Waals surface area (Å²) < 4.78 is 0. The van der Waals surface area contributed by atoms with E-state index < -0.39 is 0 Å². The van der Waals surface area contributed by atoms with Gasteiger partial charge in [0.25, 0.3) is 0 Å². The van der Waals surface area contributed by atoms with Crippen LogP contribution in [0.1, 0.15) is 71.6 Å². The van der Waals surface area contributed by atoms with E-state index in [4.69, 9.17) is 0 Å². The van der Waals surface area contributed by atoms with Crippen molar-refractivity contribution < 1.29 is 17.3 Å². The van der Waals surface area contributed by atoms with Crippen LogP contribution < -0.4 is 17.3 Å². The molecule has 1 N–H and O–H groups in total. The number of unbranched alkanes of at least 4 members (excludes halogenated alkanes) is 4. The van der Waals surface area contributed by atoms with Crippen molar-refractivity contribution in [2.24, 2.45) is 0 Å². The molecular formula is C14H30ClN. The van der Waals surface area contributed by atoms with Crippen LogP contribution in [0.25, 0.3) is 0 Å². The lowest BCUT2D eigenvalue weighted by molar-refractivity contribution is -0.912. The Labute approximate surface area is 108 Å². The largest absolute Gasteiger partial charge is 1.00 e. The second-order valence-corrected chi connectivity index (χ2v) is 5.20. The predicted molar refractivity (Wildman–Crippen MR) is 67.4 cm³/mol. The minimum absolute atomic E-state index is 0. The van der Waals surface area contributed by atoms with Gasteiger partial charge in [0.15, 0.2) is 0 Å². The van der Waals surface area contributed by atoms with Gasteiger partial charge in [0, 0.05) is 12.8 Å². The number of likely N-dealkylation sites (tertiary alicyclic amines) is 1. The number of halogens is 1. The van der Waals surface area contributed by atoms with E-state index >= 15 is 0 Å². The van der Waals surface area contributed by atoms with E-state index in [0.717, 1.165) is 6.04 Å². The monoisotopic (exact) mass is 247 g/mol. The molecule has 1 nitrogen and oxygen atoms in total. The average molecular weight is 248 g/mol. The van der Waals surface area contributed by atoms with Crippen molar-refractivity contribution in [3.05, 3.63) is 0 Å². The maximum Gasteiger partial charge on any atom is 0.0876 e. The Morgan fingerprint density at radius 1 is 1.00 bits per heavy atom. The summed E-state index contributed by atoms with van der Waals surface area (Å²) in [4.78, 5) is 1.92. The summed E-state index contributed by atoms with van der Waals surface area (Å²) in [5, 5.41) is 0. The van der Waals surface area contributed by atoms with Crippen LogP contribution in [0.15, 0.2) is 0 Å². The Hall–Kier alpha value is 0.250. The van der Waals surface area contributed by atoms with E-state index in [1.54, 1.807) is 0 Å². The zero-order chi connectivity index (χ0) is 10.9. The van der Waals surface area contributed by atoms with Gasteiger partial charge in [-0.25, -0.2) is 0 Å². The van der Waals surface area contributed by atoms with Crippen LogP contribution in [0, 0.1) is 0 Å². The third-order valence-electron chi connectivity index (χ3n) is 3.87. The molecule has 2 heteroatoms. The standard InChI is InChI=1S/C14H29N.ClH/c1-3-5-6-7-8-12-15-13-9-11-14(15)10-4-2;/h14H,3-13H2,1-2H3;1H. The summed E-state index contributed by atoms with van der Waals surface area (Å²) in [6.07, 6.45) is 13.0. The van der Waals surface area contributed by atoms with E-state index in [2.05, 4.69) is 13.8 Å². The van der Waals surface area contributed by atoms with E-state index in [0.29, 0.717) is 0 Å². The van der Waals surface area contributed by atoms with E-state index in [1.807, 2.05) is 4.90 Å². The molecule has 98 valence electrons. The van der Waals surface area contributed by atoms with Gasteiger partial charge in [0.05, 0.1) is 19.1 Å². The molecule has 1 aliphatic rings. The maximum atomic E-state index is 2.33. The minimum Gasteiger partial charge on any atom is -1.00 e. The maximum absolute atomic E-state index is 2.33. The van der Waals surface area contributed by atoms with Crippen molar-refractivity contribution in [1.82, 2.24) is 0 Å². The Morgan fingerprint density at radius 3 is 2.44 bits per heavy atom. The molecule has 1 saturated heterocycles. The first-order valence-electron chi connectivity index (χ1n) is 7.23. The fourth-order valence-corrected chi connectivity index (χ4v) is 2.97. The number of hydrogen-bond acceptors (Lipinski definition) is 0. The highest BCUT2D eigenvalue weighted by atomic mass is 35.5. The number of rotatable bonds is 8. The fraction of sp³-hybridized carbons (Fsp3) is 1.00. The van der Waals surface area contributed by atoms with Crippen molar-refractivity contribution in [2.45, 2.75) is 77.7 Å².